The zero-order valence-corrected chi connectivity index (χ0v) is 16.5. The van der Waals surface area contributed by atoms with E-state index in [1.807, 2.05) is 60.7 Å². The maximum Gasteiger partial charge on any atom is 0.142 e. The van der Waals surface area contributed by atoms with Gasteiger partial charge < -0.3 is 0 Å². The molecule has 0 unspecified atom stereocenters. The van der Waals surface area contributed by atoms with Gasteiger partial charge in [-0.1, -0.05) is 78.3 Å². The van der Waals surface area contributed by atoms with E-state index in [1.165, 1.54) is 17.7 Å². The molecule has 144 valence electrons. The van der Waals surface area contributed by atoms with Crippen LogP contribution in [0.15, 0.2) is 85.5 Å². The Morgan fingerprint density at radius 2 is 1.52 bits per heavy atom. The van der Waals surface area contributed by atoms with Crippen LogP contribution in [0.4, 0.5) is 8.78 Å². The average molecular weight is 405 g/mol. The number of hydrogen-bond donors (Lipinski definition) is 0. The van der Waals surface area contributed by atoms with Gasteiger partial charge in [-0.2, -0.15) is 0 Å². The summed E-state index contributed by atoms with van der Waals surface area (Å²) in [7, 11) is 0. The Morgan fingerprint density at radius 1 is 0.793 bits per heavy atom. The largest absolute Gasteiger partial charge is 0.206 e. The second-order valence-corrected chi connectivity index (χ2v) is 7.42. The predicted octanol–water partition coefficient (Wildman–Crippen LogP) is 8.22. The van der Waals surface area contributed by atoms with Gasteiger partial charge in [-0.05, 0) is 52.6 Å². The van der Waals surface area contributed by atoms with Gasteiger partial charge in [0.2, 0.25) is 0 Å². The fourth-order valence-corrected chi connectivity index (χ4v) is 3.62. The fourth-order valence-electron chi connectivity index (χ4n) is 3.51. The van der Waals surface area contributed by atoms with Gasteiger partial charge in [0, 0.05) is 10.9 Å². The van der Waals surface area contributed by atoms with Gasteiger partial charge in [-0.25, -0.2) is 8.78 Å². The third kappa shape index (κ3) is 3.94. The Labute approximate surface area is 174 Å². The summed E-state index contributed by atoms with van der Waals surface area (Å²) in [6.45, 7) is 3.75. The second-order valence-electron chi connectivity index (χ2n) is 7.02. The molecule has 29 heavy (non-hydrogen) atoms. The van der Waals surface area contributed by atoms with E-state index in [1.54, 1.807) is 6.07 Å². The summed E-state index contributed by atoms with van der Waals surface area (Å²) < 4.78 is 28.9. The topological polar surface area (TPSA) is 0 Å². The summed E-state index contributed by atoms with van der Waals surface area (Å²) >= 11 is 5.75. The van der Waals surface area contributed by atoms with Crippen LogP contribution in [0.1, 0.15) is 12.0 Å². The molecule has 0 heterocycles. The van der Waals surface area contributed by atoms with Crippen molar-refractivity contribution in [3.05, 3.63) is 108 Å². The average Bonchev–Trinajstić information content (AvgIpc) is 2.74. The molecule has 4 aromatic carbocycles. The molecule has 0 aliphatic rings. The van der Waals surface area contributed by atoms with E-state index in [0.29, 0.717) is 10.9 Å². The van der Waals surface area contributed by atoms with Crippen LogP contribution in [0, 0.1) is 11.6 Å². The molecule has 3 heteroatoms. The molecule has 0 aliphatic heterocycles. The summed E-state index contributed by atoms with van der Waals surface area (Å²) in [6.07, 6.45) is 3.68. The summed E-state index contributed by atoms with van der Waals surface area (Å²) in [4.78, 5) is 0. The van der Waals surface area contributed by atoms with Crippen LogP contribution in [0.2, 0.25) is 5.02 Å². The Hall–Kier alpha value is -2.97. The fraction of sp³-hybridized carbons (Fsp3) is 0.0769. The highest BCUT2D eigenvalue weighted by Gasteiger charge is 2.11. The van der Waals surface area contributed by atoms with Gasteiger partial charge >= 0.3 is 0 Å². The Kier molecular flexibility index (Phi) is 5.46. The minimum atomic E-state index is -0.457. The quantitative estimate of drug-likeness (QED) is 0.294. The Balaban J connectivity index is 1.67. The molecular formula is C26H19ClF2. The Morgan fingerprint density at radius 3 is 2.24 bits per heavy atom. The zero-order valence-electron chi connectivity index (χ0n) is 15.8. The lowest BCUT2D eigenvalue weighted by Gasteiger charge is -2.10. The van der Waals surface area contributed by atoms with Gasteiger partial charge in [0.05, 0.1) is 5.02 Å². The first kappa shape index (κ1) is 19.4. The highest BCUT2D eigenvalue weighted by molar-refractivity contribution is 6.30. The number of aryl methyl sites for hydroxylation is 1. The molecule has 0 bridgehead atoms. The van der Waals surface area contributed by atoms with E-state index < -0.39 is 5.82 Å². The lowest BCUT2D eigenvalue weighted by molar-refractivity contribution is 0.629. The summed E-state index contributed by atoms with van der Waals surface area (Å²) in [5.74, 6) is -0.690. The van der Waals surface area contributed by atoms with E-state index in [4.69, 9.17) is 11.6 Å². The molecule has 0 aliphatic carbocycles. The lowest BCUT2D eigenvalue weighted by Crippen LogP contribution is -1.90. The first-order valence-corrected chi connectivity index (χ1v) is 9.82. The maximum atomic E-state index is 15.2. The summed E-state index contributed by atoms with van der Waals surface area (Å²) in [6, 6.07) is 21.7. The number of rotatable bonds is 5. The normalized spacial score (nSPS) is 11.0. The summed E-state index contributed by atoms with van der Waals surface area (Å²) in [5, 5.41) is 1.59. The van der Waals surface area contributed by atoms with Crippen LogP contribution in [-0.2, 0) is 6.42 Å². The van der Waals surface area contributed by atoms with Crippen LogP contribution in [-0.4, -0.2) is 0 Å². The van der Waals surface area contributed by atoms with Gasteiger partial charge in [0.15, 0.2) is 0 Å². The van der Waals surface area contributed by atoms with Gasteiger partial charge in [-0.3, -0.25) is 0 Å². The highest BCUT2D eigenvalue weighted by Crippen LogP contribution is 2.32. The maximum absolute atomic E-state index is 15.2. The molecule has 0 saturated heterocycles. The third-order valence-electron chi connectivity index (χ3n) is 5.10. The minimum Gasteiger partial charge on any atom is -0.206 e. The Bertz CT molecular complexity index is 1190. The predicted molar refractivity (Wildman–Crippen MR) is 118 cm³/mol. The van der Waals surface area contributed by atoms with Crippen molar-refractivity contribution >= 4 is 22.4 Å². The van der Waals surface area contributed by atoms with Gasteiger partial charge in [0.1, 0.15) is 11.6 Å². The van der Waals surface area contributed by atoms with Crippen LogP contribution in [0.5, 0.6) is 0 Å². The van der Waals surface area contributed by atoms with E-state index >= 15 is 4.39 Å². The van der Waals surface area contributed by atoms with E-state index in [9.17, 15) is 4.39 Å². The van der Waals surface area contributed by atoms with Crippen LogP contribution >= 0.6 is 11.6 Å². The van der Waals surface area contributed by atoms with Crippen molar-refractivity contribution in [1.82, 2.24) is 0 Å². The number of fused-ring (bicyclic) bond motifs is 1. The smallest absolute Gasteiger partial charge is 0.142 e. The number of halogens is 3. The monoisotopic (exact) mass is 404 g/mol. The van der Waals surface area contributed by atoms with Gasteiger partial charge in [-0.15, -0.1) is 6.58 Å². The molecule has 0 spiro atoms. The number of benzene rings is 4. The van der Waals surface area contributed by atoms with Crippen molar-refractivity contribution in [3.63, 3.8) is 0 Å². The van der Waals surface area contributed by atoms with Crippen molar-refractivity contribution in [1.29, 1.82) is 0 Å². The van der Waals surface area contributed by atoms with Crippen molar-refractivity contribution in [2.75, 3.05) is 0 Å². The molecule has 0 saturated carbocycles. The molecular weight excluding hydrogens is 386 g/mol. The molecule has 0 atom stereocenters. The first-order chi connectivity index (χ1) is 14.1. The molecule has 0 N–H and O–H groups in total. The molecule has 4 rings (SSSR count). The third-order valence-corrected chi connectivity index (χ3v) is 5.41. The second kappa shape index (κ2) is 8.18. The number of hydrogen-bond acceptors (Lipinski definition) is 0. The van der Waals surface area contributed by atoms with E-state index in [0.717, 1.165) is 34.9 Å². The van der Waals surface area contributed by atoms with E-state index in [2.05, 4.69) is 6.58 Å². The van der Waals surface area contributed by atoms with Crippen molar-refractivity contribution in [2.45, 2.75) is 12.8 Å². The van der Waals surface area contributed by atoms with Crippen molar-refractivity contribution in [3.8, 4) is 22.3 Å². The van der Waals surface area contributed by atoms with Crippen LogP contribution < -0.4 is 0 Å². The first-order valence-electron chi connectivity index (χ1n) is 9.45. The standard InChI is InChI=1S/C26H19ClF2/c1-2-3-4-17-5-12-23-21(15-17)10-13-22(26(23)29)19-8-6-18(7-9-19)20-11-14-24(27)25(28)16-20/h2,5-16H,1,3-4H2. The van der Waals surface area contributed by atoms with E-state index in [-0.39, 0.29) is 10.8 Å². The van der Waals surface area contributed by atoms with Gasteiger partial charge in [0.25, 0.3) is 0 Å². The zero-order chi connectivity index (χ0) is 20.4. The SMILES string of the molecule is C=CCCc1ccc2c(F)c(-c3ccc(-c4ccc(Cl)c(F)c4)cc3)ccc2c1. The molecule has 0 amide bonds. The highest BCUT2D eigenvalue weighted by atomic mass is 35.5. The van der Waals surface area contributed by atoms with Crippen molar-refractivity contribution in [2.24, 2.45) is 0 Å². The minimum absolute atomic E-state index is 0.0938. The molecule has 4 aromatic rings. The van der Waals surface area contributed by atoms with Crippen molar-refractivity contribution < 1.29 is 8.78 Å². The van der Waals surface area contributed by atoms with Crippen LogP contribution in [0.25, 0.3) is 33.0 Å². The molecule has 0 fully saturated rings. The number of allylic oxidation sites excluding steroid dienone is 1. The van der Waals surface area contributed by atoms with Crippen LogP contribution in [0.3, 0.4) is 0 Å². The summed E-state index contributed by atoms with van der Waals surface area (Å²) in [5.41, 5.74) is 4.06. The molecule has 0 nitrogen and oxygen atoms in total. The lowest BCUT2D eigenvalue weighted by atomic mass is 9.96. The molecule has 0 radical (unpaired) electrons. The molecule has 0 aromatic heterocycles.